The molecule has 1 amide bonds. The first kappa shape index (κ1) is 12.7. The maximum atomic E-state index is 12.0. The summed E-state index contributed by atoms with van der Waals surface area (Å²) in [6.07, 6.45) is 2.31. The summed E-state index contributed by atoms with van der Waals surface area (Å²) in [5, 5.41) is 11.9. The molecule has 0 radical (unpaired) electrons. The van der Waals surface area contributed by atoms with E-state index in [1.165, 1.54) is 0 Å². The van der Waals surface area contributed by atoms with Gasteiger partial charge < -0.3 is 10.4 Å². The molecule has 2 N–H and O–H groups in total. The zero-order chi connectivity index (χ0) is 13.6. The van der Waals surface area contributed by atoms with Crippen molar-refractivity contribution < 1.29 is 14.7 Å². The van der Waals surface area contributed by atoms with Gasteiger partial charge in [-0.25, -0.2) is 0 Å². The Morgan fingerprint density at radius 1 is 1.21 bits per heavy atom. The molecule has 0 bridgehead atoms. The van der Waals surface area contributed by atoms with Crippen LogP contribution in [-0.2, 0) is 15.1 Å². The molecular weight excluding hydrogens is 310 g/mol. The van der Waals surface area contributed by atoms with Gasteiger partial charge in [-0.3, -0.25) is 9.59 Å². The molecule has 0 heterocycles. The van der Waals surface area contributed by atoms with Crippen molar-refractivity contribution >= 4 is 27.8 Å². The van der Waals surface area contributed by atoms with Crippen LogP contribution in [0.1, 0.15) is 24.8 Å². The number of carbonyl (C=O) groups is 2. The lowest BCUT2D eigenvalue weighted by Crippen LogP contribution is -2.36. The summed E-state index contributed by atoms with van der Waals surface area (Å²) in [6, 6.07) is 7.91. The van der Waals surface area contributed by atoms with Crippen molar-refractivity contribution in [3.05, 3.63) is 34.3 Å². The number of carboxylic acid groups (broad SMARTS) is 1. The Bertz CT molecular complexity index is 536. The highest BCUT2D eigenvalue weighted by molar-refractivity contribution is 9.10. The van der Waals surface area contributed by atoms with Gasteiger partial charge >= 0.3 is 5.97 Å². The lowest BCUT2D eigenvalue weighted by atomic mass is 10.0. The topological polar surface area (TPSA) is 66.4 Å². The standard InChI is InChI=1S/C14H14BrNO3/c15-9-3-1-8(2-4-9)14(5-6-14)16-12(17)10-7-11(10)13(18)19/h1-4,10-11H,5-7H2,(H,16,17)(H,18,19). The van der Waals surface area contributed by atoms with Crippen molar-refractivity contribution in [3.8, 4) is 0 Å². The highest BCUT2D eigenvalue weighted by Gasteiger charge is 2.53. The van der Waals surface area contributed by atoms with Gasteiger partial charge in [-0.2, -0.15) is 0 Å². The van der Waals surface area contributed by atoms with Gasteiger partial charge in [0, 0.05) is 4.47 Å². The Balaban J connectivity index is 1.68. The third kappa shape index (κ3) is 2.39. The molecule has 2 aliphatic rings. The molecule has 2 fully saturated rings. The van der Waals surface area contributed by atoms with Crippen LogP contribution in [0, 0.1) is 11.8 Å². The van der Waals surface area contributed by atoms with Gasteiger partial charge in [0.15, 0.2) is 0 Å². The second kappa shape index (κ2) is 4.34. The molecular formula is C14H14BrNO3. The van der Waals surface area contributed by atoms with Crippen LogP contribution in [0.5, 0.6) is 0 Å². The molecule has 5 heteroatoms. The fourth-order valence-electron chi connectivity index (χ4n) is 2.47. The number of rotatable bonds is 4. The predicted molar refractivity (Wildman–Crippen MR) is 72.4 cm³/mol. The molecule has 1 aromatic rings. The average Bonchev–Trinajstić information content (AvgIpc) is 3.24. The van der Waals surface area contributed by atoms with Crippen molar-refractivity contribution in [2.75, 3.05) is 0 Å². The van der Waals surface area contributed by atoms with Crippen molar-refractivity contribution in [1.82, 2.24) is 5.32 Å². The Kier molecular flexibility index (Phi) is 2.89. The Morgan fingerprint density at radius 3 is 2.32 bits per heavy atom. The summed E-state index contributed by atoms with van der Waals surface area (Å²) in [5.74, 6) is -1.81. The molecule has 0 saturated heterocycles. The van der Waals surface area contributed by atoms with Gasteiger partial charge in [0.25, 0.3) is 0 Å². The van der Waals surface area contributed by atoms with Crippen LogP contribution in [-0.4, -0.2) is 17.0 Å². The lowest BCUT2D eigenvalue weighted by molar-refractivity contribution is -0.140. The van der Waals surface area contributed by atoms with E-state index in [0.29, 0.717) is 6.42 Å². The lowest BCUT2D eigenvalue weighted by Gasteiger charge is -2.18. The summed E-state index contributed by atoms with van der Waals surface area (Å²) >= 11 is 3.39. The number of hydrogen-bond donors (Lipinski definition) is 2. The number of benzene rings is 1. The van der Waals surface area contributed by atoms with E-state index in [1.54, 1.807) is 0 Å². The molecule has 3 rings (SSSR count). The second-order valence-electron chi connectivity index (χ2n) is 5.37. The van der Waals surface area contributed by atoms with Gasteiger partial charge in [-0.05, 0) is 37.0 Å². The third-order valence-electron chi connectivity index (χ3n) is 3.95. The number of aliphatic carboxylic acids is 1. The van der Waals surface area contributed by atoms with E-state index in [2.05, 4.69) is 21.2 Å². The largest absolute Gasteiger partial charge is 0.481 e. The quantitative estimate of drug-likeness (QED) is 0.893. The minimum Gasteiger partial charge on any atom is -0.481 e. The van der Waals surface area contributed by atoms with E-state index < -0.39 is 11.9 Å². The van der Waals surface area contributed by atoms with Gasteiger partial charge in [-0.15, -0.1) is 0 Å². The normalized spacial score (nSPS) is 26.6. The summed E-state index contributed by atoms with van der Waals surface area (Å²) in [6.45, 7) is 0. The number of hydrogen-bond acceptors (Lipinski definition) is 2. The molecule has 2 aliphatic carbocycles. The van der Waals surface area contributed by atoms with E-state index in [1.807, 2.05) is 24.3 Å². The molecule has 0 spiro atoms. The Labute approximate surface area is 119 Å². The van der Waals surface area contributed by atoms with E-state index in [0.717, 1.165) is 22.9 Å². The molecule has 100 valence electrons. The van der Waals surface area contributed by atoms with Crippen LogP contribution in [0.3, 0.4) is 0 Å². The van der Waals surface area contributed by atoms with Crippen LogP contribution < -0.4 is 5.32 Å². The fraction of sp³-hybridized carbons (Fsp3) is 0.429. The maximum Gasteiger partial charge on any atom is 0.307 e. The molecule has 2 unspecified atom stereocenters. The number of nitrogens with one attached hydrogen (secondary N) is 1. The third-order valence-corrected chi connectivity index (χ3v) is 4.48. The molecule has 19 heavy (non-hydrogen) atoms. The Hall–Kier alpha value is -1.36. The number of carbonyl (C=O) groups excluding carboxylic acids is 1. The van der Waals surface area contributed by atoms with Crippen molar-refractivity contribution in [1.29, 1.82) is 0 Å². The van der Waals surface area contributed by atoms with Crippen LogP contribution in [0.15, 0.2) is 28.7 Å². The smallest absolute Gasteiger partial charge is 0.307 e. The first-order chi connectivity index (χ1) is 9.02. The van der Waals surface area contributed by atoms with E-state index in [9.17, 15) is 9.59 Å². The predicted octanol–water partition coefficient (Wildman–Crippen LogP) is 2.28. The van der Waals surface area contributed by atoms with Gasteiger partial charge in [0.05, 0.1) is 17.4 Å². The highest BCUT2D eigenvalue weighted by Crippen LogP contribution is 2.47. The summed E-state index contributed by atoms with van der Waals surface area (Å²) < 4.78 is 1.01. The summed E-state index contributed by atoms with van der Waals surface area (Å²) in [5.41, 5.74) is 0.834. The Morgan fingerprint density at radius 2 is 1.84 bits per heavy atom. The number of amides is 1. The first-order valence-electron chi connectivity index (χ1n) is 6.33. The molecule has 4 nitrogen and oxygen atoms in total. The molecule has 2 atom stereocenters. The monoisotopic (exact) mass is 323 g/mol. The van der Waals surface area contributed by atoms with E-state index >= 15 is 0 Å². The van der Waals surface area contributed by atoms with Crippen LogP contribution in [0.2, 0.25) is 0 Å². The first-order valence-corrected chi connectivity index (χ1v) is 7.12. The zero-order valence-corrected chi connectivity index (χ0v) is 11.8. The average molecular weight is 324 g/mol. The molecule has 1 aromatic carbocycles. The van der Waals surface area contributed by atoms with Crippen LogP contribution >= 0.6 is 15.9 Å². The minimum atomic E-state index is -0.867. The molecule has 2 saturated carbocycles. The molecule has 0 aliphatic heterocycles. The highest BCUT2D eigenvalue weighted by atomic mass is 79.9. The summed E-state index contributed by atoms with van der Waals surface area (Å²) in [4.78, 5) is 22.8. The van der Waals surface area contributed by atoms with E-state index in [-0.39, 0.29) is 17.4 Å². The number of halogens is 1. The SMILES string of the molecule is O=C(O)C1CC1C(=O)NC1(c2ccc(Br)cc2)CC1. The van der Waals surface area contributed by atoms with Crippen molar-refractivity contribution in [2.45, 2.75) is 24.8 Å². The van der Waals surface area contributed by atoms with Crippen molar-refractivity contribution in [3.63, 3.8) is 0 Å². The van der Waals surface area contributed by atoms with Crippen molar-refractivity contribution in [2.24, 2.45) is 11.8 Å². The van der Waals surface area contributed by atoms with Gasteiger partial charge in [0.2, 0.25) is 5.91 Å². The number of carboxylic acids is 1. The van der Waals surface area contributed by atoms with Gasteiger partial charge in [-0.1, -0.05) is 28.1 Å². The maximum absolute atomic E-state index is 12.0. The van der Waals surface area contributed by atoms with Gasteiger partial charge in [0.1, 0.15) is 0 Å². The van der Waals surface area contributed by atoms with Crippen LogP contribution in [0.25, 0.3) is 0 Å². The zero-order valence-electron chi connectivity index (χ0n) is 10.2. The van der Waals surface area contributed by atoms with Crippen LogP contribution in [0.4, 0.5) is 0 Å². The summed E-state index contributed by atoms with van der Waals surface area (Å²) in [7, 11) is 0. The second-order valence-corrected chi connectivity index (χ2v) is 6.28. The fourth-order valence-corrected chi connectivity index (χ4v) is 2.73. The minimum absolute atomic E-state index is 0.118. The molecule has 0 aromatic heterocycles. The van der Waals surface area contributed by atoms with E-state index in [4.69, 9.17) is 5.11 Å².